The van der Waals surface area contributed by atoms with E-state index in [1.807, 2.05) is 0 Å². The number of rotatable bonds is 8. The fraction of sp³-hybridized carbons (Fsp3) is 0.381. The van der Waals surface area contributed by atoms with Gasteiger partial charge in [0, 0.05) is 50.5 Å². The minimum absolute atomic E-state index is 0.127. The second-order valence-corrected chi connectivity index (χ2v) is 10.9. The molecule has 3 rings (SSSR count). The lowest BCUT2D eigenvalue weighted by molar-refractivity contribution is 0.0694. The molecule has 0 bridgehead atoms. The predicted octanol–water partition coefficient (Wildman–Crippen LogP) is 1.83. The lowest BCUT2D eigenvalue weighted by atomic mass is 10.1. The number of anilines is 1. The highest BCUT2D eigenvalue weighted by Crippen LogP contribution is 2.19. The van der Waals surface area contributed by atoms with Crippen LogP contribution in [0.4, 0.5) is 5.69 Å². The summed E-state index contributed by atoms with van der Waals surface area (Å²) in [6.45, 7) is 5.32. The average molecular weight is 481 g/mol. The minimum Gasteiger partial charge on any atom is -0.336 e. The van der Waals surface area contributed by atoms with Crippen molar-refractivity contribution in [1.82, 2.24) is 13.5 Å². The summed E-state index contributed by atoms with van der Waals surface area (Å²) in [6, 6.07) is 14.3. The molecule has 0 unspecified atom stereocenters. The standard InChI is InChI=1S/C21H28N4O5S2/c1-3-24(4-2)32(29,30)25-15-13-23(14-16-25)21(26)18-9-8-10-19(17-18)22-31(27,28)20-11-6-5-7-12-20/h5-12,17,22H,3-4,13-16H2,1-2H3. The molecule has 174 valence electrons. The molecule has 11 heteroatoms. The molecule has 32 heavy (non-hydrogen) atoms. The Balaban J connectivity index is 1.68. The topological polar surface area (TPSA) is 107 Å². The summed E-state index contributed by atoms with van der Waals surface area (Å²) in [5.74, 6) is -0.273. The van der Waals surface area contributed by atoms with Crippen molar-refractivity contribution < 1.29 is 21.6 Å². The van der Waals surface area contributed by atoms with Crippen LogP contribution in [0.2, 0.25) is 0 Å². The van der Waals surface area contributed by atoms with Gasteiger partial charge in [-0.05, 0) is 30.3 Å². The van der Waals surface area contributed by atoms with Crippen LogP contribution in [0, 0.1) is 0 Å². The number of nitrogens with one attached hydrogen (secondary N) is 1. The Morgan fingerprint density at radius 1 is 0.906 bits per heavy atom. The Hall–Kier alpha value is -2.47. The number of nitrogens with zero attached hydrogens (tertiary/aromatic N) is 3. The van der Waals surface area contributed by atoms with Gasteiger partial charge >= 0.3 is 0 Å². The smallest absolute Gasteiger partial charge is 0.282 e. The lowest BCUT2D eigenvalue weighted by Crippen LogP contribution is -2.54. The summed E-state index contributed by atoms with van der Waals surface area (Å²) in [5, 5.41) is 0. The van der Waals surface area contributed by atoms with Gasteiger partial charge in [-0.15, -0.1) is 0 Å². The van der Waals surface area contributed by atoms with Crippen LogP contribution in [0.15, 0.2) is 59.5 Å². The van der Waals surface area contributed by atoms with Gasteiger partial charge in [-0.3, -0.25) is 9.52 Å². The van der Waals surface area contributed by atoms with Crippen molar-refractivity contribution in [2.75, 3.05) is 44.0 Å². The molecular formula is C21H28N4O5S2. The monoisotopic (exact) mass is 480 g/mol. The molecule has 0 atom stereocenters. The van der Waals surface area contributed by atoms with Crippen LogP contribution < -0.4 is 4.72 Å². The molecule has 9 nitrogen and oxygen atoms in total. The second-order valence-electron chi connectivity index (χ2n) is 7.28. The zero-order chi connectivity index (χ0) is 23.4. The molecule has 0 saturated carbocycles. The van der Waals surface area contributed by atoms with Crippen molar-refractivity contribution in [3.63, 3.8) is 0 Å². The third kappa shape index (κ3) is 5.29. The van der Waals surface area contributed by atoms with E-state index >= 15 is 0 Å². The van der Waals surface area contributed by atoms with E-state index in [1.165, 1.54) is 26.8 Å². The first-order valence-corrected chi connectivity index (χ1v) is 13.3. The van der Waals surface area contributed by atoms with Crippen LogP contribution >= 0.6 is 0 Å². The molecule has 1 amide bonds. The zero-order valence-electron chi connectivity index (χ0n) is 18.1. The maximum atomic E-state index is 13.0. The fourth-order valence-electron chi connectivity index (χ4n) is 3.55. The van der Waals surface area contributed by atoms with Gasteiger partial charge in [0.1, 0.15) is 0 Å². The van der Waals surface area contributed by atoms with Crippen molar-refractivity contribution in [3.05, 3.63) is 60.2 Å². The zero-order valence-corrected chi connectivity index (χ0v) is 19.8. The largest absolute Gasteiger partial charge is 0.336 e. The van der Waals surface area contributed by atoms with Crippen molar-refractivity contribution in [2.45, 2.75) is 18.7 Å². The minimum atomic E-state index is -3.77. The van der Waals surface area contributed by atoms with Crippen molar-refractivity contribution in [3.8, 4) is 0 Å². The summed E-state index contributed by atoms with van der Waals surface area (Å²) in [7, 11) is -7.31. The van der Waals surface area contributed by atoms with Crippen LogP contribution in [0.3, 0.4) is 0 Å². The normalized spacial score (nSPS) is 15.7. The van der Waals surface area contributed by atoms with Gasteiger partial charge in [0.05, 0.1) is 4.90 Å². The van der Waals surface area contributed by atoms with Gasteiger partial charge in [0.2, 0.25) is 0 Å². The highest BCUT2D eigenvalue weighted by Gasteiger charge is 2.32. The average Bonchev–Trinajstić information content (AvgIpc) is 2.80. The number of piperazine rings is 1. The van der Waals surface area contributed by atoms with Crippen molar-refractivity contribution in [2.24, 2.45) is 0 Å². The lowest BCUT2D eigenvalue weighted by Gasteiger charge is -2.36. The molecule has 0 aliphatic carbocycles. The third-order valence-corrected chi connectivity index (χ3v) is 8.88. The number of carbonyl (C=O) groups is 1. The third-order valence-electron chi connectivity index (χ3n) is 5.30. The van der Waals surface area contributed by atoms with E-state index in [1.54, 1.807) is 55.1 Å². The van der Waals surface area contributed by atoms with Gasteiger partial charge < -0.3 is 4.90 Å². The molecule has 1 heterocycles. The molecule has 1 N–H and O–H groups in total. The Bertz CT molecular complexity index is 1140. The highest BCUT2D eigenvalue weighted by atomic mass is 32.2. The predicted molar refractivity (Wildman–Crippen MR) is 123 cm³/mol. The van der Waals surface area contributed by atoms with Gasteiger partial charge in [0.25, 0.3) is 26.1 Å². The second kappa shape index (κ2) is 9.99. The van der Waals surface area contributed by atoms with E-state index in [2.05, 4.69) is 4.72 Å². The molecule has 0 spiro atoms. The number of hydrogen-bond acceptors (Lipinski definition) is 5. The van der Waals surface area contributed by atoms with Gasteiger partial charge in [-0.25, -0.2) is 8.42 Å². The fourth-order valence-corrected chi connectivity index (χ4v) is 6.22. The SMILES string of the molecule is CCN(CC)S(=O)(=O)N1CCN(C(=O)c2cccc(NS(=O)(=O)c3ccccc3)c2)CC1. The van der Waals surface area contributed by atoms with Crippen molar-refractivity contribution in [1.29, 1.82) is 0 Å². The molecule has 1 fully saturated rings. The van der Waals surface area contributed by atoms with Crippen LogP contribution in [0.5, 0.6) is 0 Å². The summed E-state index contributed by atoms with van der Waals surface area (Å²) in [5.41, 5.74) is 0.612. The van der Waals surface area contributed by atoms with E-state index < -0.39 is 20.2 Å². The first-order valence-electron chi connectivity index (χ1n) is 10.4. The molecule has 2 aromatic carbocycles. The Kier molecular flexibility index (Phi) is 7.55. The van der Waals surface area contributed by atoms with E-state index in [-0.39, 0.29) is 42.7 Å². The summed E-state index contributed by atoms with van der Waals surface area (Å²) >= 11 is 0. The number of benzene rings is 2. The maximum Gasteiger partial charge on any atom is 0.282 e. The number of carbonyl (C=O) groups excluding carboxylic acids is 1. The highest BCUT2D eigenvalue weighted by molar-refractivity contribution is 7.92. The van der Waals surface area contributed by atoms with Gasteiger partial charge in [-0.1, -0.05) is 38.1 Å². The van der Waals surface area contributed by atoms with Crippen LogP contribution in [-0.2, 0) is 20.2 Å². The van der Waals surface area contributed by atoms with Crippen LogP contribution in [0.25, 0.3) is 0 Å². The first-order chi connectivity index (χ1) is 15.2. The summed E-state index contributed by atoms with van der Waals surface area (Å²) < 4.78 is 55.7. The Morgan fingerprint density at radius 2 is 1.53 bits per heavy atom. The number of amides is 1. The van der Waals surface area contributed by atoms with E-state index in [4.69, 9.17) is 0 Å². The van der Waals surface area contributed by atoms with Gasteiger partial charge in [-0.2, -0.15) is 17.0 Å². The van der Waals surface area contributed by atoms with Crippen molar-refractivity contribution >= 4 is 31.8 Å². The van der Waals surface area contributed by atoms with Gasteiger partial charge in [0.15, 0.2) is 0 Å². The Labute approximate surface area is 189 Å². The molecule has 1 aliphatic rings. The summed E-state index contributed by atoms with van der Waals surface area (Å²) in [4.78, 5) is 14.7. The van der Waals surface area contributed by atoms with E-state index in [0.29, 0.717) is 18.7 Å². The molecular weight excluding hydrogens is 452 g/mol. The van der Waals surface area contributed by atoms with E-state index in [0.717, 1.165) is 0 Å². The number of sulfonamides is 1. The molecule has 0 aromatic heterocycles. The Morgan fingerprint density at radius 3 is 2.12 bits per heavy atom. The maximum absolute atomic E-state index is 13.0. The molecule has 1 aliphatic heterocycles. The summed E-state index contributed by atoms with van der Waals surface area (Å²) in [6.07, 6.45) is 0. The first kappa shape index (κ1) is 24.2. The molecule has 1 saturated heterocycles. The van der Waals surface area contributed by atoms with Crippen LogP contribution in [0.1, 0.15) is 24.2 Å². The number of hydrogen-bond donors (Lipinski definition) is 1. The van der Waals surface area contributed by atoms with E-state index in [9.17, 15) is 21.6 Å². The molecule has 2 aromatic rings. The quantitative estimate of drug-likeness (QED) is 0.620. The molecule has 0 radical (unpaired) electrons. The van der Waals surface area contributed by atoms with Crippen LogP contribution in [-0.4, -0.2) is 75.5 Å².